The molecule has 0 spiro atoms. The van der Waals surface area contributed by atoms with Gasteiger partial charge in [-0.3, -0.25) is 0 Å². The van der Waals surface area contributed by atoms with E-state index in [9.17, 15) is 13.6 Å². The minimum absolute atomic E-state index is 0.157. The Kier molecular flexibility index (Phi) is 2.79. The van der Waals surface area contributed by atoms with E-state index in [4.69, 9.17) is 5.11 Å². The fourth-order valence-corrected chi connectivity index (χ4v) is 0.710. The molecule has 1 unspecified atom stereocenters. The lowest BCUT2D eigenvalue weighted by molar-refractivity contribution is -0.153. The molecule has 1 aromatic rings. The van der Waals surface area contributed by atoms with Crippen LogP contribution < -0.4 is 4.74 Å². The van der Waals surface area contributed by atoms with Gasteiger partial charge in [-0.2, -0.15) is 4.39 Å². The molecule has 5 heteroatoms. The lowest BCUT2D eigenvalue weighted by atomic mass is 10.3. The molecule has 0 amide bonds. The number of hydrogen-bond donors (Lipinski definition) is 1. The molecule has 0 aliphatic heterocycles. The first-order valence-electron chi connectivity index (χ1n) is 3.38. The second-order valence-electron chi connectivity index (χ2n) is 2.23. The highest BCUT2D eigenvalue weighted by Gasteiger charge is 2.16. The maximum absolute atomic E-state index is 12.5. The van der Waals surface area contributed by atoms with Gasteiger partial charge in [-0.1, -0.05) is 6.07 Å². The van der Waals surface area contributed by atoms with Crippen LogP contribution in [0.4, 0.5) is 8.78 Å². The van der Waals surface area contributed by atoms with Crippen LogP contribution in [-0.2, 0) is 4.79 Å². The van der Waals surface area contributed by atoms with Crippen molar-refractivity contribution < 1.29 is 23.4 Å². The number of halogens is 2. The van der Waals surface area contributed by atoms with E-state index in [1.807, 2.05) is 0 Å². The van der Waals surface area contributed by atoms with Gasteiger partial charge < -0.3 is 9.84 Å². The normalized spacial score (nSPS) is 12.2. The average molecular weight is 188 g/mol. The predicted octanol–water partition coefficient (Wildman–Crippen LogP) is 1.58. The van der Waals surface area contributed by atoms with Crippen molar-refractivity contribution in [1.82, 2.24) is 0 Å². The summed E-state index contributed by atoms with van der Waals surface area (Å²) in [6.07, 6.45) is -2.47. The number of ether oxygens (including phenoxy) is 1. The zero-order chi connectivity index (χ0) is 9.84. The molecule has 0 aliphatic rings. The summed E-state index contributed by atoms with van der Waals surface area (Å²) in [4.78, 5) is 9.99. The topological polar surface area (TPSA) is 46.5 Å². The van der Waals surface area contributed by atoms with Gasteiger partial charge in [0.15, 0.2) is 0 Å². The number of alkyl halides is 1. The fraction of sp³-hybridized carbons (Fsp3) is 0.125. The van der Waals surface area contributed by atoms with E-state index in [0.29, 0.717) is 0 Å². The zero-order valence-corrected chi connectivity index (χ0v) is 6.41. The largest absolute Gasteiger partial charge is 0.476 e. The summed E-state index contributed by atoms with van der Waals surface area (Å²) in [5.74, 6) is -2.52. The first-order valence-corrected chi connectivity index (χ1v) is 3.38. The van der Waals surface area contributed by atoms with Crippen molar-refractivity contribution >= 4 is 5.97 Å². The molecule has 0 heterocycles. The number of carboxylic acids is 1. The number of benzene rings is 1. The minimum atomic E-state index is -2.47. The van der Waals surface area contributed by atoms with Gasteiger partial charge in [-0.05, 0) is 12.1 Å². The van der Waals surface area contributed by atoms with Crippen LogP contribution in [0.3, 0.4) is 0 Å². The summed E-state index contributed by atoms with van der Waals surface area (Å²) in [7, 11) is 0. The quantitative estimate of drug-likeness (QED) is 0.783. The first-order chi connectivity index (χ1) is 6.09. The van der Waals surface area contributed by atoms with E-state index in [-0.39, 0.29) is 5.75 Å². The minimum Gasteiger partial charge on any atom is -0.476 e. The predicted molar refractivity (Wildman–Crippen MR) is 39.6 cm³/mol. The molecule has 0 aromatic heterocycles. The Balaban J connectivity index is 2.69. The first kappa shape index (κ1) is 9.44. The molecule has 0 saturated heterocycles. The third-order valence-corrected chi connectivity index (χ3v) is 1.23. The second kappa shape index (κ2) is 3.84. The maximum atomic E-state index is 12.5. The van der Waals surface area contributed by atoms with E-state index in [1.165, 1.54) is 12.1 Å². The maximum Gasteiger partial charge on any atom is 0.378 e. The van der Waals surface area contributed by atoms with Crippen molar-refractivity contribution in [1.29, 1.82) is 0 Å². The number of aliphatic carboxylic acids is 1. The molecule has 0 fully saturated rings. The molecular formula is C8H6F2O3. The Labute approximate surface area is 72.6 Å². The van der Waals surface area contributed by atoms with Crippen molar-refractivity contribution in [3.63, 3.8) is 0 Å². The van der Waals surface area contributed by atoms with Crippen LogP contribution in [0.2, 0.25) is 0 Å². The summed E-state index contributed by atoms with van der Waals surface area (Å²) in [5, 5.41) is 8.12. The summed E-state index contributed by atoms with van der Waals surface area (Å²) in [6.45, 7) is 0. The van der Waals surface area contributed by atoms with Crippen LogP contribution >= 0.6 is 0 Å². The van der Waals surface area contributed by atoms with Crippen molar-refractivity contribution in [2.45, 2.75) is 6.36 Å². The zero-order valence-electron chi connectivity index (χ0n) is 6.41. The summed E-state index contributed by atoms with van der Waals surface area (Å²) in [6, 6.07) is 4.59. The van der Waals surface area contributed by atoms with Crippen LogP contribution in [0.15, 0.2) is 24.3 Å². The second-order valence-corrected chi connectivity index (χ2v) is 2.23. The van der Waals surface area contributed by atoms with Crippen LogP contribution in [0.5, 0.6) is 5.75 Å². The average Bonchev–Trinajstić information content (AvgIpc) is 2.04. The molecule has 0 aliphatic carbocycles. The lowest BCUT2D eigenvalue weighted by Crippen LogP contribution is -2.21. The fourth-order valence-electron chi connectivity index (χ4n) is 0.710. The van der Waals surface area contributed by atoms with E-state index >= 15 is 0 Å². The molecule has 0 radical (unpaired) electrons. The van der Waals surface area contributed by atoms with Crippen molar-refractivity contribution in [3.8, 4) is 5.75 Å². The molecule has 70 valence electrons. The van der Waals surface area contributed by atoms with Crippen molar-refractivity contribution in [2.24, 2.45) is 0 Å². The van der Waals surface area contributed by atoms with Crippen molar-refractivity contribution in [2.75, 3.05) is 0 Å². The third kappa shape index (κ3) is 2.70. The monoisotopic (exact) mass is 188 g/mol. The van der Waals surface area contributed by atoms with Gasteiger partial charge in [-0.25, -0.2) is 9.18 Å². The Morgan fingerprint density at radius 3 is 2.77 bits per heavy atom. The smallest absolute Gasteiger partial charge is 0.378 e. The van der Waals surface area contributed by atoms with Crippen LogP contribution in [0.25, 0.3) is 0 Å². The molecule has 0 saturated carbocycles. The van der Waals surface area contributed by atoms with Crippen LogP contribution in [0, 0.1) is 5.82 Å². The van der Waals surface area contributed by atoms with Gasteiger partial charge >= 0.3 is 12.3 Å². The van der Waals surface area contributed by atoms with Crippen LogP contribution in [0.1, 0.15) is 0 Å². The number of rotatable bonds is 3. The van der Waals surface area contributed by atoms with Crippen molar-refractivity contribution in [3.05, 3.63) is 30.1 Å². The molecule has 3 nitrogen and oxygen atoms in total. The Morgan fingerprint density at radius 2 is 2.23 bits per heavy atom. The summed E-state index contributed by atoms with van der Waals surface area (Å²) >= 11 is 0. The van der Waals surface area contributed by atoms with E-state index in [1.54, 1.807) is 0 Å². The highest BCUT2D eigenvalue weighted by atomic mass is 19.1. The standard InChI is InChI=1S/C8H6F2O3/c9-5-2-1-3-6(4-5)13-7(10)8(11)12/h1-4,7H,(H,11,12). The highest BCUT2D eigenvalue weighted by molar-refractivity contribution is 5.70. The van der Waals surface area contributed by atoms with Gasteiger partial charge in [0.1, 0.15) is 11.6 Å². The van der Waals surface area contributed by atoms with Gasteiger partial charge in [0.05, 0.1) is 0 Å². The molecular weight excluding hydrogens is 182 g/mol. The SMILES string of the molecule is O=C(O)C(F)Oc1cccc(F)c1. The Hall–Kier alpha value is -1.65. The summed E-state index contributed by atoms with van der Waals surface area (Å²) < 4.78 is 29.1. The highest BCUT2D eigenvalue weighted by Crippen LogP contribution is 2.14. The molecule has 1 aromatic carbocycles. The molecule has 1 N–H and O–H groups in total. The van der Waals surface area contributed by atoms with E-state index in [2.05, 4.69) is 4.74 Å². The van der Waals surface area contributed by atoms with Crippen LogP contribution in [-0.4, -0.2) is 17.4 Å². The Morgan fingerprint density at radius 1 is 1.54 bits per heavy atom. The number of carbonyl (C=O) groups is 1. The molecule has 13 heavy (non-hydrogen) atoms. The van der Waals surface area contributed by atoms with Gasteiger partial charge in [0.2, 0.25) is 0 Å². The molecule has 1 rings (SSSR count). The van der Waals surface area contributed by atoms with Gasteiger partial charge in [0.25, 0.3) is 0 Å². The van der Waals surface area contributed by atoms with Gasteiger partial charge in [-0.15, -0.1) is 0 Å². The number of hydrogen-bond acceptors (Lipinski definition) is 2. The Bertz CT molecular complexity index is 314. The van der Waals surface area contributed by atoms with Gasteiger partial charge in [0, 0.05) is 6.07 Å². The van der Waals surface area contributed by atoms with E-state index < -0.39 is 18.1 Å². The summed E-state index contributed by atoms with van der Waals surface area (Å²) in [5.41, 5.74) is 0. The lowest BCUT2D eigenvalue weighted by Gasteiger charge is -2.06. The molecule has 1 atom stereocenters. The molecule has 0 bridgehead atoms. The van der Waals surface area contributed by atoms with E-state index in [0.717, 1.165) is 12.1 Å². The number of carboxylic acid groups (broad SMARTS) is 1. The third-order valence-electron chi connectivity index (χ3n) is 1.23.